The van der Waals surface area contributed by atoms with Crippen LogP contribution in [0.25, 0.3) is 11.1 Å². The summed E-state index contributed by atoms with van der Waals surface area (Å²) in [6.07, 6.45) is 2.84. The lowest BCUT2D eigenvalue weighted by atomic mass is 9.92. The van der Waals surface area contributed by atoms with Crippen molar-refractivity contribution >= 4 is 0 Å². The van der Waals surface area contributed by atoms with E-state index in [0.29, 0.717) is 5.75 Å². The molecule has 0 amide bonds. The van der Waals surface area contributed by atoms with E-state index in [1.165, 1.54) is 16.7 Å². The number of rotatable bonds is 4. The van der Waals surface area contributed by atoms with E-state index in [4.69, 9.17) is 0 Å². The summed E-state index contributed by atoms with van der Waals surface area (Å²) in [4.78, 5) is 0. The predicted molar refractivity (Wildman–Crippen MR) is 81.7 cm³/mol. The van der Waals surface area contributed by atoms with E-state index >= 15 is 0 Å². The third-order valence-electron chi connectivity index (χ3n) is 3.76. The number of aryl methyl sites for hydroxylation is 2. The average Bonchev–Trinajstić information content (AvgIpc) is 2.46. The largest absolute Gasteiger partial charge is 0.508 e. The lowest BCUT2D eigenvalue weighted by Gasteiger charge is -2.14. The van der Waals surface area contributed by atoms with Crippen molar-refractivity contribution in [1.29, 1.82) is 0 Å². The first-order chi connectivity index (χ1) is 9.21. The molecule has 0 atom stereocenters. The zero-order chi connectivity index (χ0) is 13.8. The van der Waals surface area contributed by atoms with Gasteiger partial charge in [-0.05, 0) is 53.1 Å². The Morgan fingerprint density at radius 2 is 1.53 bits per heavy atom. The highest BCUT2D eigenvalue weighted by molar-refractivity contribution is 5.70. The third-order valence-corrected chi connectivity index (χ3v) is 3.76. The maximum Gasteiger partial charge on any atom is 0.119 e. The van der Waals surface area contributed by atoms with Gasteiger partial charge in [-0.1, -0.05) is 51.1 Å². The first-order valence-electron chi connectivity index (χ1n) is 7.14. The van der Waals surface area contributed by atoms with Crippen LogP contribution in [0.15, 0.2) is 36.4 Å². The SMILES string of the molecule is CCc1ccccc1-c1cc(O)c(CC)c(CC)c1. The molecule has 0 aliphatic carbocycles. The molecule has 0 saturated heterocycles. The Hall–Kier alpha value is -1.76. The van der Waals surface area contributed by atoms with Crippen molar-refractivity contribution in [1.82, 2.24) is 0 Å². The zero-order valence-corrected chi connectivity index (χ0v) is 12.0. The highest BCUT2D eigenvalue weighted by Crippen LogP contribution is 2.32. The second kappa shape index (κ2) is 5.92. The van der Waals surface area contributed by atoms with Gasteiger partial charge in [-0.3, -0.25) is 0 Å². The van der Waals surface area contributed by atoms with Crippen molar-refractivity contribution in [2.24, 2.45) is 0 Å². The van der Waals surface area contributed by atoms with Gasteiger partial charge in [0.2, 0.25) is 0 Å². The van der Waals surface area contributed by atoms with Crippen molar-refractivity contribution in [2.75, 3.05) is 0 Å². The normalized spacial score (nSPS) is 10.7. The Balaban J connectivity index is 2.60. The molecular formula is C18H22O. The van der Waals surface area contributed by atoms with Gasteiger partial charge in [0, 0.05) is 0 Å². The second-order valence-corrected chi connectivity index (χ2v) is 4.85. The lowest BCUT2D eigenvalue weighted by Crippen LogP contribution is -1.95. The lowest BCUT2D eigenvalue weighted by molar-refractivity contribution is 0.468. The number of hydrogen-bond donors (Lipinski definition) is 1. The van der Waals surface area contributed by atoms with Gasteiger partial charge < -0.3 is 5.11 Å². The molecule has 1 nitrogen and oxygen atoms in total. The quantitative estimate of drug-likeness (QED) is 0.835. The summed E-state index contributed by atoms with van der Waals surface area (Å²) in [7, 11) is 0. The van der Waals surface area contributed by atoms with Gasteiger partial charge in [0.15, 0.2) is 0 Å². The maximum atomic E-state index is 10.2. The molecular weight excluding hydrogens is 232 g/mol. The fourth-order valence-electron chi connectivity index (χ4n) is 2.70. The van der Waals surface area contributed by atoms with Crippen LogP contribution >= 0.6 is 0 Å². The Kier molecular flexibility index (Phi) is 4.26. The van der Waals surface area contributed by atoms with Crippen LogP contribution < -0.4 is 0 Å². The Bertz CT molecular complexity index is 570. The summed E-state index contributed by atoms with van der Waals surface area (Å²) in [5, 5.41) is 10.2. The summed E-state index contributed by atoms with van der Waals surface area (Å²) < 4.78 is 0. The van der Waals surface area contributed by atoms with Crippen LogP contribution in [0.4, 0.5) is 0 Å². The minimum atomic E-state index is 0.433. The molecule has 2 aromatic carbocycles. The minimum Gasteiger partial charge on any atom is -0.508 e. The smallest absolute Gasteiger partial charge is 0.119 e. The molecule has 0 spiro atoms. The average molecular weight is 254 g/mol. The van der Waals surface area contributed by atoms with E-state index < -0.39 is 0 Å². The first-order valence-corrected chi connectivity index (χ1v) is 7.14. The molecule has 0 radical (unpaired) electrons. The van der Waals surface area contributed by atoms with Crippen LogP contribution in [-0.4, -0.2) is 5.11 Å². The van der Waals surface area contributed by atoms with Gasteiger partial charge in [0.1, 0.15) is 5.75 Å². The van der Waals surface area contributed by atoms with E-state index in [1.807, 2.05) is 6.07 Å². The molecule has 19 heavy (non-hydrogen) atoms. The molecule has 2 rings (SSSR count). The fourth-order valence-corrected chi connectivity index (χ4v) is 2.70. The van der Waals surface area contributed by atoms with Crippen LogP contribution in [0.5, 0.6) is 5.75 Å². The van der Waals surface area contributed by atoms with Crippen molar-refractivity contribution < 1.29 is 5.11 Å². The predicted octanol–water partition coefficient (Wildman–Crippen LogP) is 4.75. The standard InChI is InChI=1S/C18H22O/c1-4-13-9-7-8-10-17(13)15-11-14(5-2)16(6-3)18(19)12-15/h7-12,19H,4-6H2,1-3H3. The number of phenolic OH excluding ortho intramolecular Hbond substituents is 1. The molecule has 0 saturated carbocycles. The maximum absolute atomic E-state index is 10.2. The summed E-state index contributed by atoms with van der Waals surface area (Å²) in [6.45, 7) is 6.40. The molecule has 2 aromatic rings. The molecule has 0 fully saturated rings. The van der Waals surface area contributed by atoms with Crippen LogP contribution in [0.2, 0.25) is 0 Å². The highest BCUT2D eigenvalue weighted by atomic mass is 16.3. The molecule has 0 aliphatic rings. The molecule has 0 aliphatic heterocycles. The molecule has 1 heteroatoms. The molecule has 100 valence electrons. The third kappa shape index (κ3) is 2.65. The van der Waals surface area contributed by atoms with Crippen LogP contribution in [-0.2, 0) is 19.3 Å². The van der Waals surface area contributed by atoms with E-state index in [2.05, 4.69) is 51.1 Å². The summed E-state index contributed by atoms with van der Waals surface area (Å²) >= 11 is 0. The number of phenols is 1. The molecule has 0 unspecified atom stereocenters. The molecule has 0 aromatic heterocycles. The first kappa shape index (κ1) is 13.7. The van der Waals surface area contributed by atoms with Crippen molar-refractivity contribution in [2.45, 2.75) is 40.0 Å². The van der Waals surface area contributed by atoms with Crippen molar-refractivity contribution in [3.63, 3.8) is 0 Å². The minimum absolute atomic E-state index is 0.433. The van der Waals surface area contributed by atoms with Gasteiger partial charge in [-0.25, -0.2) is 0 Å². The topological polar surface area (TPSA) is 20.2 Å². The molecule has 0 heterocycles. The van der Waals surface area contributed by atoms with Gasteiger partial charge in [0.25, 0.3) is 0 Å². The zero-order valence-electron chi connectivity index (χ0n) is 12.0. The van der Waals surface area contributed by atoms with Crippen LogP contribution in [0, 0.1) is 0 Å². The number of aromatic hydroxyl groups is 1. The van der Waals surface area contributed by atoms with Gasteiger partial charge in [0.05, 0.1) is 0 Å². The van der Waals surface area contributed by atoms with Crippen molar-refractivity contribution in [3.05, 3.63) is 53.1 Å². The fraction of sp³-hybridized carbons (Fsp3) is 0.333. The van der Waals surface area contributed by atoms with E-state index in [9.17, 15) is 5.11 Å². The van der Waals surface area contributed by atoms with Gasteiger partial charge in [-0.2, -0.15) is 0 Å². The van der Waals surface area contributed by atoms with E-state index in [-0.39, 0.29) is 0 Å². The highest BCUT2D eigenvalue weighted by Gasteiger charge is 2.10. The summed E-state index contributed by atoms with van der Waals surface area (Å²) in [5.74, 6) is 0.433. The number of hydrogen-bond acceptors (Lipinski definition) is 1. The Morgan fingerprint density at radius 1 is 0.842 bits per heavy atom. The molecule has 0 bridgehead atoms. The van der Waals surface area contributed by atoms with Crippen LogP contribution in [0.3, 0.4) is 0 Å². The van der Waals surface area contributed by atoms with Crippen molar-refractivity contribution in [3.8, 4) is 16.9 Å². The second-order valence-electron chi connectivity index (χ2n) is 4.85. The Labute approximate surface area is 115 Å². The van der Waals surface area contributed by atoms with E-state index in [0.717, 1.165) is 30.4 Å². The van der Waals surface area contributed by atoms with Gasteiger partial charge >= 0.3 is 0 Å². The monoisotopic (exact) mass is 254 g/mol. The number of benzene rings is 2. The Morgan fingerprint density at radius 3 is 2.16 bits per heavy atom. The molecule has 1 N–H and O–H groups in total. The summed E-state index contributed by atoms with van der Waals surface area (Å²) in [5.41, 5.74) is 6.03. The van der Waals surface area contributed by atoms with Gasteiger partial charge in [-0.15, -0.1) is 0 Å². The summed E-state index contributed by atoms with van der Waals surface area (Å²) in [6, 6.07) is 12.6. The van der Waals surface area contributed by atoms with Crippen LogP contribution in [0.1, 0.15) is 37.5 Å². The van der Waals surface area contributed by atoms with E-state index in [1.54, 1.807) is 0 Å².